The van der Waals surface area contributed by atoms with Gasteiger partial charge in [-0.05, 0) is 31.2 Å². The fraction of sp³-hybridized carbons (Fsp3) is 0.714. The van der Waals surface area contributed by atoms with Gasteiger partial charge in [-0.2, -0.15) is 0 Å². The smallest absolute Gasteiger partial charge is 0.303 e. The molecule has 0 aliphatic carbocycles. The standard InChI is InChI=1S/C14H22N2O3/c1-3-6-15-13(17)10-16-7-4-5-12(9-16)11(2)8-14(18)19/h1,11-12H,4-10H2,2H3,(H,15,17)(H,18,19). The van der Waals surface area contributed by atoms with Gasteiger partial charge in [-0.25, -0.2) is 0 Å². The van der Waals surface area contributed by atoms with Crippen molar-refractivity contribution in [3.8, 4) is 12.3 Å². The molecule has 2 N–H and O–H groups in total. The van der Waals surface area contributed by atoms with Crippen LogP contribution in [-0.4, -0.2) is 48.1 Å². The van der Waals surface area contributed by atoms with E-state index in [0.717, 1.165) is 25.9 Å². The summed E-state index contributed by atoms with van der Waals surface area (Å²) in [6.07, 6.45) is 7.33. The van der Waals surface area contributed by atoms with Crippen molar-refractivity contribution in [1.82, 2.24) is 10.2 Å². The maximum atomic E-state index is 11.6. The Morgan fingerprint density at radius 2 is 2.32 bits per heavy atom. The second-order valence-electron chi connectivity index (χ2n) is 5.19. The lowest BCUT2D eigenvalue weighted by molar-refractivity contribution is -0.138. The van der Waals surface area contributed by atoms with Gasteiger partial charge in [0.1, 0.15) is 0 Å². The van der Waals surface area contributed by atoms with E-state index in [9.17, 15) is 9.59 Å². The molecule has 0 aromatic carbocycles. The number of nitrogens with zero attached hydrogens (tertiary/aromatic N) is 1. The number of aliphatic carboxylic acids is 1. The van der Waals surface area contributed by atoms with Crippen LogP contribution >= 0.6 is 0 Å². The van der Waals surface area contributed by atoms with Gasteiger partial charge in [-0.15, -0.1) is 6.42 Å². The minimum Gasteiger partial charge on any atom is -0.481 e. The number of piperidine rings is 1. The molecule has 0 bridgehead atoms. The van der Waals surface area contributed by atoms with Crippen molar-refractivity contribution in [2.24, 2.45) is 11.8 Å². The van der Waals surface area contributed by atoms with Gasteiger partial charge in [0.15, 0.2) is 0 Å². The molecule has 0 saturated carbocycles. The first kappa shape index (κ1) is 15.5. The molecular weight excluding hydrogens is 244 g/mol. The van der Waals surface area contributed by atoms with E-state index in [4.69, 9.17) is 11.5 Å². The number of carboxylic acids is 1. The first-order chi connectivity index (χ1) is 9.02. The largest absolute Gasteiger partial charge is 0.481 e. The van der Waals surface area contributed by atoms with E-state index in [2.05, 4.69) is 16.1 Å². The van der Waals surface area contributed by atoms with Crippen molar-refractivity contribution in [2.45, 2.75) is 26.2 Å². The molecule has 5 heteroatoms. The number of hydrogen-bond acceptors (Lipinski definition) is 3. The first-order valence-corrected chi connectivity index (χ1v) is 6.67. The van der Waals surface area contributed by atoms with Crippen molar-refractivity contribution in [3.05, 3.63) is 0 Å². The van der Waals surface area contributed by atoms with E-state index >= 15 is 0 Å². The van der Waals surface area contributed by atoms with Crippen LogP contribution in [-0.2, 0) is 9.59 Å². The van der Waals surface area contributed by atoms with E-state index < -0.39 is 5.97 Å². The fourth-order valence-corrected chi connectivity index (χ4v) is 2.55. The third-order valence-corrected chi connectivity index (χ3v) is 3.60. The zero-order chi connectivity index (χ0) is 14.3. The maximum Gasteiger partial charge on any atom is 0.303 e. The summed E-state index contributed by atoms with van der Waals surface area (Å²) in [7, 11) is 0. The maximum absolute atomic E-state index is 11.6. The van der Waals surface area contributed by atoms with Crippen LogP contribution < -0.4 is 5.32 Å². The molecule has 1 amide bonds. The highest BCUT2D eigenvalue weighted by Gasteiger charge is 2.26. The number of hydrogen-bond donors (Lipinski definition) is 2. The number of amides is 1. The van der Waals surface area contributed by atoms with Crippen LogP contribution in [0.3, 0.4) is 0 Å². The molecule has 0 spiro atoms. The van der Waals surface area contributed by atoms with E-state index in [1.807, 2.05) is 6.92 Å². The Balaban J connectivity index is 2.39. The summed E-state index contributed by atoms with van der Waals surface area (Å²) in [5.41, 5.74) is 0. The van der Waals surface area contributed by atoms with Gasteiger partial charge in [0.05, 0.1) is 13.1 Å². The highest BCUT2D eigenvalue weighted by atomic mass is 16.4. The molecule has 0 aromatic rings. The van der Waals surface area contributed by atoms with Gasteiger partial charge in [0.2, 0.25) is 5.91 Å². The van der Waals surface area contributed by atoms with Crippen molar-refractivity contribution in [1.29, 1.82) is 0 Å². The zero-order valence-electron chi connectivity index (χ0n) is 11.4. The second-order valence-corrected chi connectivity index (χ2v) is 5.19. The van der Waals surface area contributed by atoms with Crippen LogP contribution in [0.5, 0.6) is 0 Å². The van der Waals surface area contributed by atoms with Gasteiger partial charge in [-0.1, -0.05) is 12.8 Å². The Kier molecular flexibility index (Phi) is 6.37. The van der Waals surface area contributed by atoms with Crippen molar-refractivity contribution in [3.63, 3.8) is 0 Å². The lowest BCUT2D eigenvalue weighted by Crippen LogP contribution is -2.44. The number of terminal acetylenes is 1. The summed E-state index contributed by atoms with van der Waals surface area (Å²) < 4.78 is 0. The SMILES string of the molecule is C#CCNC(=O)CN1CCCC(C(C)CC(=O)O)C1. The van der Waals surface area contributed by atoms with Gasteiger partial charge < -0.3 is 10.4 Å². The van der Waals surface area contributed by atoms with Crippen LogP contribution in [0.4, 0.5) is 0 Å². The van der Waals surface area contributed by atoms with Gasteiger partial charge in [0, 0.05) is 13.0 Å². The Morgan fingerprint density at radius 1 is 1.58 bits per heavy atom. The highest BCUT2D eigenvalue weighted by molar-refractivity contribution is 5.78. The Bertz CT molecular complexity index is 362. The van der Waals surface area contributed by atoms with E-state index in [1.165, 1.54) is 0 Å². The molecule has 1 heterocycles. The number of rotatable bonds is 6. The van der Waals surface area contributed by atoms with Gasteiger partial charge in [-0.3, -0.25) is 14.5 Å². The summed E-state index contributed by atoms with van der Waals surface area (Å²) in [5, 5.41) is 11.5. The minimum absolute atomic E-state index is 0.0653. The average Bonchev–Trinajstić information content (AvgIpc) is 2.36. The third-order valence-electron chi connectivity index (χ3n) is 3.60. The summed E-state index contributed by atoms with van der Waals surface area (Å²) in [4.78, 5) is 24.4. The van der Waals surface area contributed by atoms with Crippen molar-refractivity contribution >= 4 is 11.9 Å². The Labute approximate surface area is 114 Å². The summed E-state index contributed by atoms with van der Waals surface area (Å²) in [6.45, 7) is 4.25. The molecule has 19 heavy (non-hydrogen) atoms. The Morgan fingerprint density at radius 3 is 2.95 bits per heavy atom. The summed E-state index contributed by atoms with van der Waals surface area (Å²) in [6, 6.07) is 0. The molecule has 106 valence electrons. The molecule has 1 rings (SSSR count). The molecule has 5 nitrogen and oxygen atoms in total. The van der Waals surface area contributed by atoms with E-state index in [-0.39, 0.29) is 24.8 Å². The van der Waals surface area contributed by atoms with Crippen LogP contribution in [0.25, 0.3) is 0 Å². The van der Waals surface area contributed by atoms with E-state index in [1.54, 1.807) is 0 Å². The predicted molar refractivity (Wildman–Crippen MR) is 72.4 cm³/mol. The summed E-state index contributed by atoms with van der Waals surface area (Å²) in [5.74, 6) is 2.05. The normalized spacial score (nSPS) is 21.4. The van der Waals surface area contributed by atoms with Crippen molar-refractivity contribution < 1.29 is 14.7 Å². The second kappa shape index (κ2) is 7.80. The van der Waals surface area contributed by atoms with Crippen LogP contribution in [0.2, 0.25) is 0 Å². The molecule has 2 unspecified atom stereocenters. The highest BCUT2D eigenvalue weighted by Crippen LogP contribution is 2.25. The number of likely N-dealkylation sites (tertiary alicyclic amines) is 1. The predicted octanol–water partition coefficient (Wildman–Crippen LogP) is 0.559. The average molecular weight is 266 g/mol. The molecule has 1 saturated heterocycles. The van der Waals surface area contributed by atoms with Crippen LogP contribution in [0.1, 0.15) is 26.2 Å². The van der Waals surface area contributed by atoms with Gasteiger partial charge >= 0.3 is 5.97 Å². The fourth-order valence-electron chi connectivity index (χ4n) is 2.55. The molecule has 1 aliphatic heterocycles. The topological polar surface area (TPSA) is 69.6 Å². The Hall–Kier alpha value is -1.54. The molecular formula is C14H22N2O3. The zero-order valence-corrected chi connectivity index (χ0v) is 11.4. The third kappa shape index (κ3) is 5.75. The van der Waals surface area contributed by atoms with E-state index in [0.29, 0.717) is 12.5 Å². The monoisotopic (exact) mass is 266 g/mol. The number of nitrogens with one attached hydrogen (secondary N) is 1. The van der Waals surface area contributed by atoms with Crippen LogP contribution in [0, 0.1) is 24.2 Å². The lowest BCUT2D eigenvalue weighted by atomic mass is 9.84. The first-order valence-electron chi connectivity index (χ1n) is 6.67. The minimum atomic E-state index is -0.753. The number of carboxylic acid groups (broad SMARTS) is 1. The molecule has 0 radical (unpaired) electrons. The molecule has 0 aromatic heterocycles. The summed E-state index contributed by atoms with van der Waals surface area (Å²) >= 11 is 0. The van der Waals surface area contributed by atoms with Crippen molar-refractivity contribution in [2.75, 3.05) is 26.2 Å². The lowest BCUT2D eigenvalue weighted by Gasteiger charge is -2.35. The molecule has 1 fully saturated rings. The number of carbonyl (C=O) groups is 2. The molecule has 2 atom stereocenters. The number of carbonyl (C=O) groups excluding carboxylic acids is 1. The molecule has 1 aliphatic rings. The quantitative estimate of drug-likeness (QED) is 0.689. The van der Waals surface area contributed by atoms with Gasteiger partial charge in [0.25, 0.3) is 0 Å². The van der Waals surface area contributed by atoms with Crippen LogP contribution in [0.15, 0.2) is 0 Å².